The summed E-state index contributed by atoms with van der Waals surface area (Å²) in [6.45, 7) is 0.345. The molecule has 0 bridgehead atoms. The van der Waals surface area contributed by atoms with Crippen molar-refractivity contribution >= 4 is 23.2 Å². The number of ether oxygens (including phenoxy) is 1. The molecule has 0 spiro atoms. The lowest BCUT2D eigenvalue weighted by molar-refractivity contribution is -0.122. The molecule has 4 rings (SSSR count). The molecular formula is C21H20N4O3. The van der Waals surface area contributed by atoms with Crippen LogP contribution < -0.4 is 15.0 Å². The predicted octanol–water partition coefficient (Wildman–Crippen LogP) is 3.08. The molecule has 1 saturated heterocycles. The van der Waals surface area contributed by atoms with Gasteiger partial charge in [-0.15, -0.1) is 0 Å². The van der Waals surface area contributed by atoms with Crippen LogP contribution in [0.4, 0.5) is 11.4 Å². The molecule has 1 atom stereocenters. The lowest BCUT2D eigenvalue weighted by Crippen LogP contribution is -2.28. The smallest absolute Gasteiger partial charge is 0.229 e. The van der Waals surface area contributed by atoms with Crippen LogP contribution in [0.15, 0.2) is 60.8 Å². The summed E-state index contributed by atoms with van der Waals surface area (Å²) in [5, 5.41) is 9.77. The first-order valence-electron chi connectivity index (χ1n) is 8.99. The van der Waals surface area contributed by atoms with Crippen molar-refractivity contribution in [3.63, 3.8) is 0 Å². The molecule has 1 aromatic heterocycles. The fourth-order valence-electron chi connectivity index (χ4n) is 3.34. The van der Waals surface area contributed by atoms with E-state index >= 15 is 0 Å². The summed E-state index contributed by atoms with van der Waals surface area (Å²) >= 11 is 0. The molecule has 142 valence electrons. The first kappa shape index (κ1) is 17.8. The maximum Gasteiger partial charge on any atom is 0.229 e. The Balaban J connectivity index is 1.46. The Labute approximate surface area is 162 Å². The van der Waals surface area contributed by atoms with Crippen molar-refractivity contribution in [1.29, 1.82) is 0 Å². The highest BCUT2D eigenvalue weighted by Crippen LogP contribution is 2.29. The minimum Gasteiger partial charge on any atom is -0.497 e. The molecule has 0 radical (unpaired) electrons. The van der Waals surface area contributed by atoms with Gasteiger partial charge in [-0.2, -0.15) is 5.10 Å². The number of aromatic amines is 1. The van der Waals surface area contributed by atoms with E-state index in [2.05, 4.69) is 15.5 Å². The summed E-state index contributed by atoms with van der Waals surface area (Å²) in [7, 11) is 1.58. The van der Waals surface area contributed by atoms with Crippen LogP contribution in [0.3, 0.4) is 0 Å². The number of hydrogen-bond acceptors (Lipinski definition) is 4. The van der Waals surface area contributed by atoms with E-state index in [4.69, 9.17) is 4.74 Å². The monoisotopic (exact) mass is 376 g/mol. The Kier molecular flexibility index (Phi) is 4.80. The van der Waals surface area contributed by atoms with Crippen LogP contribution in [0.5, 0.6) is 5.75 Å². The zero-order valence-corrected chi connectivity index (χ0v) is 15.4. The lowest BCUT2D eigenvalue weighted by Gasteiger charge is -2.17. The Morgan fingerprint density at radius 3 is 2.86 bits per heavy atom. The van der Waals surface area contributed by atoms with Crippen LogP contribution in [0.2, 0.25) is 0 Å². The van der Waals surface area contributed by atoms with Crippen LogP contribution >= 0.6 is 0 Å². The van der Waals surface area contributed by atoms with Crippen LogP contribution in [0, 0.1) is 5.92 Å². The Morgan fingerprint density at radius 2 is 2.07 bits per heavy atom. The maximum absolute atomic E-state index is 12.7. The van der Waals surface area contributed by atoms with E-state index in [9.17, 15) is 9.59 Å². The van der Waals surface area contributed by atoms with Gasteiger partial charge in [0.05, 0.1) is 18.7 Å². The van der Waals surface area contributed by atoms with Gasteiger partial charge in [0.25, 0.3) is 0 Å². The number of carbonyl (C=O) groups excluding carboxylic acids is 2. The first-order valence-corrected chi connectivity index (χ1v) is 8.99. The number of methoxy groups -OCH3 is 1. The minimum atomic E-state index is -0.408. The number of aromatic nitrogens is 2. The summed E-state index contributed by atoms with van der Waals surface area (Å²) in [6, 6.07) is 16.7. The second-order valence-electron chi connectivity index (χ2n) is 6.65. The van der Waals surface area contributed by atoms with Gasteiger partial charge in [0.15, 0.2) is 0 Å². The Morgan fingerprint density at radius 1 is 1.21 bits per heavy atom. The van der Waals surface area contributed by atoms with Crippen molar-refractivity contribution in [2.24, 2.45) is 5.92 Å². The third-order valence-electron chi connectivity index (χ3n) is 4.80. The van der Waals surface area contributed by atoms with Crippen molar-refractivity contribution in [1.82, 2.24) is 10.2 Å². The van der Waals surface area contributed by atoms with Crippen LogP contribution in [-0.2, 0) is 9.59 Å². The number of rotatable bonds is 5. The number of benzene rings is 2. The SMILES string of the molecule is COc1cccc(N2C[C@H](C(=O)Nc3cccc(-c4ccn[nH]4)c3)CC2=O)c1. The number of hydrogen-bond donors (Lipinski definition) is 2. The van der Waals surface area contributed by atoms with E-state index in [-0.39, 0.29) is 18.2 Å². The normalized spacial score (nSPS) is 16.2. The largest absolute Gasteiger partial charge is 0.497 e. The second kappa shape index (κ2) is 7.56. The number of carbonyl (C=O) groups is 2. The third kappa shape index (κ3) is 3.59. The lowest BCUT2D eigenvalue weighted by atomic mass is 10.1. The van der Waals surface area contributed by atoms with E-state index in [1.165, 1.54) is 0 Å². The fraction of sp³-hybridized carbons (Fsp3) is 0.190. The number of anilines is 2. The van der Waals surface area contributed by atoms with Crippen molar-refractivity contribution in [2.45, 2.75) is 6.42 Å². The van der Waals surface area contributed by atoms with Gasteiger partial charge in [-0.3, -0.25) is 14.7 Å². The topological polar surface area (TPSA) is 87.3 Å². The summed E-state index contributed by atoms with van der Waals surface area (Å²) in [5.41, 5.74) is 3.22. The second-order valence-corrected chi connectivity index (χ2v) is 6.65. The number of amides is 2. The third-order valence-corrected chi connectivity index (χ3v) is 4.80. The minimum absolute atomic E-state index is 0.0698. The molecule has 2 N–H and O–H groups in total. The number of nitrogens with one attached hydrogen (secondary N) is 2. The van der Waals surface area contributed by atoms with Gasteiger partial charge in [0.2, 0.25) is 11.8 Å². The van der Waals surface area contributed by atoms with E-state index < -0.39 is 5.92 Å². The quantitative estimate of drug-likeness (QED) is 0.716. The average Bonchev–Trinajstić information content (AvgIpc) is 3.38. The molecule has 1 fully saturated rings. The maximum atomic E-state index is 12.7. The zero-order valence-electron chi connectivity index (χ0n) is 15.4. The molecule has 28 heavy (non-hydrogen) atoms. The predicted molar refractivity (Wildman–Crippen MR) is 106 cm³/mol. The number of H-pyrrole nitrogens is 1. The average molecular weight is 376 g/mol. The highest BCUT2D eigenvalue weighted by molar-refractivity contribution is 6.03. The molecule has 2 aromatic carbocycles. The molecule has 2 amide bonds. The molecule has 0 aliphatic carbocycles. The fourth-order valence-corrected chi connectivity index (χ4v) is 3.34. The molecular weight excluding hydrogens is 356 g/mol. The van der Waals surface area contributed by atoms with Gasteiger partial charge in [0.1, 0.15) is 5.75 Å². The van der Waals surface area contributed by atoms with Crippen molar-refractivity contribution in [2.75, 3.05) is 23.9 Å². The van der Waals surface area contributed by atoms with Crippen LogP contribution in [-0.4, -0.2) is 35.7 Å². The highest BCUT2D eigenvalue weighted by atomic mass is 16.5. The van der Waals surface area contributed by atoms with Crippen molar-refractivity contribution < 1.29 is 14.3 Å². The van der Waals surface area contributed by atoms with Gasteiger partial charge < -0.3 is 15.0 Å². The van der Waals surface area contributed by atoms with Crippen molar-refractivity contribution in [3.8, 4) is 17.0 Å². The molecule has 2 heterocycles. The summed E-state index contributed by atoms with van der Waals surface area (Å²) in [6.07, 6.45) is 1.86. The van der Waals surface area contributed by atoms with Gasteiger partial charge in [-0.25, -0.2) is 0 Å². The molecule has 3 aromatic rings. The Hall–Kier alpha value is -3.61. The molecule has 7 nitrogen and oxygen atoms in total. The van der Waals surface area contributed by atoms with E-state index in [1.54, 1.807) is 24.3 Å². The zero-order chi connectivity index (χ0) is 19.5. The summed E-state index contributed by atoms with van der Waals surface area (Å²) < 4.78 is 5.22. The first-order chi connectivity index (χ1) is 13.6. The van der Waals surface area contributed by atoms with E-state index in [0.29, 0.717) is 18.0 Å². The summed E-state index contributed by atoms with van der Waals surface area (Å²) in [5.74, 6) is 0.0310. The van der Waals surface area contributed by atoms with E-state index in [0.717, 1.165) is 16.9 Å². The number of nitrogens with zero attached hydrogens (tertiary/aromatic N) is 2. The molecule has 0 unspecified atom stereocenters. The van der Waals surface area contributed by atoms with Crippen LogP contribution in [0.25, 0.3) is 11.3 Å². The molecule has 1 aliphatic heterocycles. The van der Waals surface area contributed by atoms with E-state index in [1.807, 2.05) is 48.5 Å². The van der Waals surface area contributed by atoms with Crippen LogP contribution in [0.1, 0.15) is 6.42 Å². The molecule has 0 saturated carbocycles. The molecule has 1 aliphatic rings. The molecule has 7 heteroatoms. The standard InChI is InChI=1S/C21H20N4O3/c1-28-18-7-3-6-17(12-18)25-13-15(11-20(25)26)21(27)23-16-5-2-4-14(10-16)19-8-9-22-24-19/h2-10,12,15H,11,13H2,1H3,(H,22,24)(H,23,27)/t15-/m1/s1. The summed E-state index contributed by atoms with van der Waals surface area (Å²) in [4.78, 5) is 26.8. The van der Waals surface area contributed by atoms with Gasteiger partial charge in [-0.05, 0) is 30.3 Å². The van der Waals surface area contributed by atoms with Crippen molar-refractivity contribution in [3.05, 3.63) is 60.8 Å². The Bertz CT molecular complexity index is 1000. The van der Waals surface area contributed by atoms with Gasteiger partial charge in [0, 0.05) is 42.2 Å². The van der Waals surface area contributed by atoms with Gasteiger partial charge >= 0.3 is 0 Å². The highest BCUT2D eigenvalue weighted by Gasteiger charge is 2.35. The van der Waals surface area contributed by atoms with Gasteiger partial charge in [-0.1, -0.05) is 18.2 Å².